The van der Waals surface area contributed by atoms with Gasteiger partial charge in [-0.05, 0) is 42.8 Å². The highest BCUT2D eigenvalue weighted by Gasteiger charge is 2.17. The molecule has 10 heteroatoms. The maximum absolute atomic E-state index is 13.0. The SMILES string of the molecule is CCN(CC(=O)NCc1ccc(F)cc1)C(=O)CSc1nncn1-c1cccc(Cl)c1. The minimum Gasteiger partial charge on any atom is -0.350 e. The van der Waals surface area contributed by atoms with Gasteiger partial charge in [-0.25, -0.2) is 4.39 Å². The van der Waals surface area contributed by atoms with Crippen molar-refractivity contribution in [1.82, 2.24) is 25.0 Å². The van der Waals surface area contributed by atoms with Crippen LogP contribution in [0.5, 0.6) is 0 Å². The number of halogens is 2. The first-order valence-electron chi connectivity index (χ1n) is 9.54. The standard InChI is InChI=1S/C21H21ClFN5O2S/c1-2-27(12-19(29)24-11-15-6-8-17(23)9-7-15)20(30)13-31-21-26-25-14-28(21)18-5-3-4-16(22)10-18/h3-10,14H,2,11-13H2,1H3,(H,24,29). The van der Waals surface area contributed by atoms with E-state index >= 15 is 0 Å². The van der Waals surface area contributed by atoms with Crippen LogP contribution in [0, 0.1) is 5.82 Å². The van der Waals surface area contributed by atoms with E-state index in [2.05, 4.69) is 15.5 Å². The number of nitrogens with zero attached hydrogens (tertiary/aromatic N) is 4. The lowest BCUT2D eigenvalue weighted by molar-refractivity contribution is -0.133. The Hall–Kier alpha value is -2.91. The quantitative estimate of drug-likeness (QED) is 0.494. The molecule has 0 atom stereocenters. The number of aromatic nitrogens is 3. The number of likely N-dealkylation sites (N-methyl/N-ethyl adjacent to an activating group) is 1. The molecule has 0 saturated heterocycles. The second kappa shape index (κ2) is 10.9. The Kier molecular flexibility index (Phi) is 8.02. The number of carbonyl (C=O) groups excluding carboxylic acids is 2. The van der Waals surface area contributed by atoms with Gasteiger partial charge in [-0.2, -0.15) is 0 Å². The van der Waals surface area contributed by atoms with Crippen LogP contribution in [0.2, 0.25) is 5.02 Å². The lowest BCUT2D eigenvalue weighted by Gasteiger charge is -2.20. The van der Waals surface area contributed by atoms with Crippen LogP contribution >= 0.6 is 23.4 Å². The van der Waals surface area contributed by atoms with Crippen molar-refractivity contribution < 1.29 is 14.0 Å². The van der Waals surface area contributed by atoms with Gasteiger partial charge in [0.2, 0.25) is 11.8 Å². The van der Waals surface area contributed by atoms with Gasteiger partial charge < -0.3 is 10.2 Å². The monoisotopic (exact) mass is 461 g/mol. The van der Waals surface area contributed by atoms with Crippen molar-refractivity contribution >= 4 is 35.2 Å². The fourth-order valence-electron chi connectivity index (χ4n) is 2.75. The van der Waals surface area contributed by atoms with Crippen LogP contribution in [-0.4, -0.2) is 50.3 Å². The van der Waals surface area contributed by atoms with Gasteiger partial charge in [0, 0.05) is 18.1 Å². The molecule has 0 aliphatic heterocycles. The lowest BCUT2D eigenvalue weighted by atomic mass is 10.2. The first-order valence-corrected chi connectivity index (χ1v) is 10.9. The van der Waals surface area contributed by atoms with E-state index in [-0.39, 0.29) is 36.5 Å². The minimum atomic E-state index is -0.332. The largest absolute Gasteiger partial charge is 0.350 e. The molecule has 0 aliphatic carbocycles. The summed E-state index contributed by atoms with van der Waals surface area (Å²) in [6.45, 7) is 2.41. The summed E-state index contributed by atoms with van der Waals surface area (Å²) in [5.74, 6) is -0.698. The predicted octanol–water partition coefficient (Wildman–Crippen LogP) is 3.32. The van der Waals surface area contributed by atoms with Gasteiger partial charge in [0.05, 0.1) is 18.0 Å². The van der Waals surface area contributed by atoms with Crippen LogP contribution in [0.4, 0.5) is 4.39 Å². The zero-order valence-electron chi connectivity index (χ0n) is 16.8. The average Bonchev–Trinajstić information content (AvgIpc) is 3.24. The first-order chi connectivity index (χ1) is 15.0. The maximum Gasteiger partial charge on any atom is 0.239 e. The van der Waals surface area contributed by atoms with Crippen molar-refractivity contribution in [2.45, 2.75) is 18.6 Å². The van der Waals surface area contributed by atoms with Gasteiger partial charge in [0.25, 0.3) is 0 Å². The zero-order chi connectivity index (χ0) is 22.2. The number of thioether (sulfide) groups is 1. The average molecular weight is 462 g/mol. The molecule has 7 nitrogen and oxygen atoms in total. The number of benzene rings is 2. The van der Waals surface area contributed by atoms with Crippen molar-refractivity contribution in [1.29, 1.82) is 0 Å². The van der Waals surface area contributed by atoms with Gasteiger partial charge in [-0.15, -0.1) is 10.2 Å². The van der Waals surface area contributed by atoms with Crippen molar-refractivity contribution in [3.63, 3.8) is 0 Å². The van der Waals surface area contributed by atoms with Gasteiger partial charge in [-0.3, -0.25) is 14.2 Å². The number of rotatable bonds is 9. The summed E-state index contributed by atoms with van der Waals surface area (Å²) in [5, 5.41) is 11.9. The Bertz CT molecular complexity index is 1040. The summed E-state index contributed by atoms with van der Waals surface area (Å²) >= 11 is 7.28. The third kappa shape index (κ3) is 6.53. The van der Waals surface area contributed by atoms with Crippen LogP contribution in [0.15, 0.2) is 60.0 Å². The first kappa shape index (κ1) is 22.8. The van der Waals surface area contributed by atoms with E-state index in [0.717, 1.165) is 11.3 Å². The van der Waals surface area contributed by atoms with Crippen molar-refractivity contribution in [2.24, 2.45) is 0 Å². The molecular formula is C21H21ClFN5O2S. The summed E-state index contributed by atoms with van der Waals surface area (Å²) < 4.78 is 14.7. The van der Waals surface area contributed by atoms with E-state index in [1.807, 2.05) is 19.1 Å². The van der Waals surface area contributed by atoms with E-state index in [4.69, 9.17) is 11.6 Å². The highest BCUT2D eigenvalue weighted by Crippen LogP contribution is 2.22. The van der Waals surface area contributed by atoms with Gasteiger partial charge in [0.1, 0.15) is 12.1 Å². The van der Waals surface area contributed by atoms with Crippen LogP contribution < -0.4 is 5.32 Å². The van der Waals surface area contributed by atoms with Crippen molar-refractivity contribution in [3.8, 4) is 5.69 Å². The number of hydrogen-bond donors (Lipinski definition) is 1. The molecule has 162 valence electrons. The molecule has 0 fully saturated rings. The van der Waals surface area contributed by atoms with Crippen molar-refractivity contribution in [3.05, 3.63) is 71.3 Å². The predicted molar refractivity (Wildman–Crippen MR) is 118 cm³/mol. The third-order valence-corrected chi connectivity index (χ3v) is 5.56. The summed E-state index contributed by atoms with van der Waals surface area (Å²) in [4.78, 5) is 26.3. The molecule has 1 heterocycles. The molecular weight excluding hydrogens is 441 g/mol. The second-order valence-corrected chi connectivity index (χ2v) is 7.94. The van der Waals surface area contributed by atoms with E-state index in [1.165, 1.54) is 28.8 Å². The molecule has 0 radical (unpaired) electrons. The Morgan fingerprint density at radius 1 is 1.23 bits per heavy atom. The molecule has 0 bridgehead atoms. The normalized spacial score (nSPS) is 10.7. The number of hydrogen-bond acceptors (Lipinski definition) is 5. The smallest absolute Gasteiger partial charge is 0.239 e. The van der Waals surface area contributed by atoms with Gasteiger partial charge >= 0.3 is 0 Å². The highest BCUT2D eigenvalue weighted by molar-refractivity contribution is 7.99. The lowest BCUT2D eigenvalue weighted by Crippen LogP contribution is -2.41. The molecule has 0 spiro atoms. The number of amides is 2. The van der Waals surface area contributed by atoms with Gasteiger partial charge in [-0.1, -0.05) is 41.6 Å². The van der Waals surface area contributed by atoms with Crippen LogP contribution in [0.25, 0.3) is 5.69 Å². The van der Waals surface area contributed by atoms with E-state index < -0.39 is 0 Å². The number of carbonyl (C=O) groups is 2. The fourth-order valence-corrected chi connectivity index (χ4v) is 3.77. The third-order valence-electron chi connectivity index (χ3n) is 4.40. The molecule has 1 aromatic heterocycles. The molecule has 2 amide bonds. The molecule has 2 aromatic carbocycles. The van der Waals surface area contributed by atoms with Crippen LogP contribution in [-0.2, 0) is 16.1 Å². The number of nitrogens with one attached hydrogen (secondary N) is 1. The Morgan fingerprint density at radius 3 is 2.71 bits per heavy atom. The molecule has 0 aliphatic rings. The van der Waals surface area contributed by atoms with Crippen molar-refractivity contribution in [2.75, 3.05) is 18.8 Å². The molecule has 1 N–H and O–H groups in total. The van der Waals surface area contributed by atoms with E-state index in [0.29, 0.717) is 16.7 Å². The topological polar surface area (TPSA) is 80.1 Å². The molecule has 3 aromatic rings. The van der Waals surface area contributed by atoms with Gasteiger partial charge in [0.15, 0.2) is 5.16 Å². The zero-order valence-corrected chi connectivity index (χ0v) is 18.4. The summed E-state index contributed by atoms with van der Waals surface area (Å²) in [6.07, 6.45) is 1.55. The van der Waals surface area contributed by atoms with Crippen LogP contribution in [0.3, 0.4) is 0 Å². The van der Waals surface area contributed by atoms with E-state index in [9.17, 15) is 14.0 Å². The Balaban J connectivity index is 1.53. The molecule has 31 heavy (non-hydrogen) atoms. The molecule has 0 saturated carbocycles. The highest BCUT2D eigenvalue weighted by atomic mass is 35.5. The second-order valence-electron chi connectivity index (χ2n) is 6.56. The Morgan fingerprint density at radius 2 is 2.00 bits per heavy atom. The summed E-state index contributed by atoms with van der Waals surface area (Å²) in [7, 11) is 0. The summed E-state index contributed by atoms with van der Waals surface area (Å²) in [5.41, 5.74) is 1.57. The fraction of sp³-hybridized carbons (Fsp3) is 0.238. The van der Waals surface area contributed by atoms with E-state index in [1.54, 1.807) is 35.2 Å². The summed E-state index contributed by atoms with van der Waals surface area (Å²) in [6, 6.07) is 13.1. The Labute approximate surface area is 188 Å². The molecule has 3 rings (SSSR count). The van der Waals surface area contributed by atoms with Crippen LogP contribution in [0.1, 0.15) is 12.5 Å². The minimum absolute atomic E-state index is 0.0575. The molecule has 0 unspecified atom stereocenters. The maximum atomic E-state index is 13.0.